The van der Waals surface area contributed by atoms with Crippen LogP contribution in [0.1, 0.15) is 5.69 Å². The summed E-state index contributed by atoms with van der Waals surface area (Å²) >= 11 is 0. The first-order valence-electron chi connectivity index (χ1n) is 2.27. The van der Waals surface area contributed by atoms with E-state index in [1.54, 1.807) is 6.92 Å². The number of rotatable bonds is 1. The molecule has 0 unspecified atom stereocenters. The third-order valence-corrected chi connectivity index (χ3v) is 0.837. The van der Waals surface area contributed by atoms with E-state index in [2.05, 4.69) is 25.4 Å². The lowest BCUT2D eigenvalue weighted by molar-refractivity contribution is 0.928. The largest absolute Gasteiger partial charge is 0.197 e. The standard InChI is InChI=1S/C3H4N6/c1-2-3(6-8-4)7-9-5-2/h1H3,(H,5,7,9). The number of nitrogens with zero attached hydrogens (tertiary/aromatic N) is 5. The highest BCUT2D eigenvalue weighted by Gasteiger charge is 1.95. The van der Waals surface area contributed by atoms with Gasteiger partial charge in [0.25, 0.3) is 0 Å². The maximum Gasteiger partial charge on any atom is 0.171 e. The van der Waals surface area contributed by atoms with Crippen molar-refractivity contribution in [3.05, 3.63) is 16.1 Å². The van der Waals surface area contributed by atoms with E-state index in [9.17, 15) is 0 Å². The first-order chi connectivity index (χ1) is 4.34. The van der Waals surface area contributed by atoms with E-state index >= 15 is 0 Å². The number of hydrogen-bond acceptors (Lipinski definition) is 3. The van der Waals surface area contributed by atoms with Crippen molar-refractivity contribution in [3.63, 3.8) is 0 Å². The van der Waals surface area contributed by atoms with Gasteiger partial charge in [-0.15, -0.1) is 0 Å². The van der Waals surface area contributed by atoms with Crippen molar-refractivity contribution >= 4 is 5.82 Å². The van der Waals surface area contributed by atoms with Gasteiger partial charge in [-0.3, -0.25) is 0 Å². The molecule has 9 heavy (non-hydrogen) atoms. The molecule has 6 nitrogen and oxygen atoms in total. The Labute approximate surface area is 50.5 Å². The van der Waals surface area contributed by atoms with Gasteiger partial charge in [0, 0.05) is 4.91 Å². The van der Waals surface area contributed by atoms with Crippen molar-refractivity contribution in [1.29, 1.82) is 0 Å². The van der Waals surface area contributed by atoms with Crippen LogP contribution in [-0.2, 0) is 0 Å². The molecule has 0 fully saturated rings. The molecule has 0 aliphatic rings. The molecule has 1 aromatic heterocycles. The first kappa shape index (κ1) is 5.58. The first-order valence-corrected chi connectivity index (χ1v) is 2.27. The van der Waals surface area contributed by atoms with Crippen molar-refractivity contribution < 1.29 is 0 Å². The molecule has 0 atom stereocenters. The van der Waals surface area contributed by atoms with Gasteiger partial charge < -0.3 is 0 Å². The van der Waals surface area contributed by atoms with Gasteiger partial charge in [0.15, 0.2) is 5.82 Å². The van der Waals surface area contributed by atoms with Crippen LogP contribution in [0.25, 0.3) is 10.4 Å². The summed E-state index contributed by atoms with van der Waals surface area (Å²) in [6.07, 6.45) is 0. The highest BCUT2D eigenvalue weighted by molar-refractivity contribution is 5.28. The second-order valence-electron chi connectivity index (χ2n) is 1.42. The van der Waals surface area contributed by atoms with Crippen molar-refractivity contribution in [2.45, 2.75) is 6.92 Å². The maximum atomic E-state index is 7.94. The Bertz CT molecular complexity index is 243. The van der Waals surface area contributed by atoms with Crippen LogP contribution in [0.2, 0.25) is 0 Å². The molecular formula is C3H4N6. The van der Waals surface area contributed by atoms with Crippen molar-refractivity contribution in [2.75, 3.05) is 0 Å². The topological polar surface area (TPSA) is 90.3 Å². The molecule has 0 bridgehead atoms. The molecule has 0 radical (unpaired) electrons. The van der Waals surface area contributed by atoms with Crippen molar-refractivity contribution in [2.24, 2.45) is 5.11 Å². The van der Waals surface area contributed by atoms with Gasteiger partial charge in [0.2, 0.25) is 0 Å². The fourth-order valence-electron chi connectivity index (χ4n) is 0.415. The number of nitrogens with one attached hydrogen (secondary N) is 1. The second kappa shape index (κ2) is 2.15. The Hall–Kier alpha value is -1.55. The van der Waals surface area contributed by atoms with Crippen LogP contribution in [0.5, 0.6) is 0 Å². The summed E-state index contributed by atoms with van der Waals surface area (Å²) in [6, 6.07) is 0. The molecule has 0 saturated heterocycles. The molecule has 0 spiro atoms. The number of hydrogen-bond donors (Lipinski definition) is 1. The summed E-state index contributed by atoms with van der Waals surface area (Å²) in [7, 11) is 0. The van der Waals surface area contributed by atoms with E-state index in [4.69, 9.17) is 5.53 Å². The second-order valence-corrected chi connectivity index (χ2v) is 1.42. The molecule has 0 amide bonds. The van der Waals surface area contributed by atoms with Gasteiger partial charge in [-0.2, -0.15) is 15.4 Å². The Kier molecular flexibility index (Phi) is 1.33. The Morgan fingerprint density at radius 3 is 2.89 bits per heavy atom. The lowest BCUT2D eigenvalue weighted by atomic mass is 10.5. The van der Waals surface area contributed by atoms with E-state index in [0.717, 1.165) is 0 Å². The van der Waals surface area contributed by atoms with Gasteiger partial charge in [0.1, 0.15) is 0 Å². The zero-order valence-corrected chi connectivity index (χ0v) is 4.74. The van der Waals surface area contributed by atoms with E-state index < -0.39 is 0 Å². The van der Waals surface area contributed by atoms with Crippen LogP contribution in [0.3, 0.4) is 0 Å². The van der Waals surface area contributed by atoms with E-state index in [0.29, 0.717) is 11.5 Å². The third-order valence-electron chi connectivity index (χ3n) is 0.837. The molecule has 1 rings (SSSR count). The highest BCUT2D eigenvalue weighted by atomic mass is 15.4. The molecule has 6 heteroatoms. The molecule has 0 saturated carbocycles. The lowest BCUT2D eigenvalue weighted by Crippen LogP contribution is -1.67. The minimum absolute atomic E-state index is 0.303. The van der Waals surface area contributed by atoms with Crippen molar-refractivity contribution in [3.8, 4) is 0 Å². The summed E-state index contributed by atoms with van der Waals surface area (Å²) in [4.78, 5) is 2.54. The van der Waals surface area contributed by atoms with Gasteiger partial charge in [-0.1, -0.05) is 0 Å². The molecule has 0 aromatic carbocycles. The predicted octanol–water partition coefficient (Wildman–Crippen LogP) is 1.05. The van der Waals surface area contributed by atoms with Gasteiger partial charge in [-0.25, -0.2) is 0 Å². The van der Waals surface area contributed by atoms with Crippen LogP contribution < -0.4 is 0 Å². The monoisotopic (exact) mass is 124 g/mol. The summed E-state index contributed by atoms with van der Waals surface area (Å²) in [5, 5.41) is 12.7. The number of aromatic nitrogens is 3. The Balaban J connectivity index is 3.07. The zero-order valence-electron chi connectivity index (χ0n) is 4.74. The maximum absolute atomic E-state index is 7.94. The fraction of sp³-hybridized carbons (Fsp3) is 0.333. The summed E-state index contributed by atoms with van der Waals surface area (Å²) < 4.78 is 0. The van der Waals surface area contributed by atoms with E-state index in [-0.39, 0.29) is 0 Å². The Morgan fingerprint density at radius 1 is 1.67 bits per heavy atom. The molecule has 1 N–H and O–H groups in total. The van der Waals surface area contributed by atoms with E-state index in [1.165, 1.54) is 0 Å². The zero-order chi connectivity index (χ0) is 6.69. The average molecular weight is 124 g/mol. The van der Waals surface area contributed by atoms with Crippen LogP contribution >= 0.6 is 0 Å². The smallest absolute Gasteiger partial charge is 0.171 e. The van der Waals surface area contributed by atoms with Gasteiger partial charge >= 0.3 is 0 Å². The quantitative estimate of drug-likeness (QED) is 0.344. The predicted molar refractivity (Wildman–Crippen MR) is 29.9 cm³/mol. The van der Waals surface area contributed by atoms with Crippen LogP contribution in [0.4, 0.5) is 5.82 Å². The lowest BCUT2D eigenvalue weighted by Gasteiger charge is -1.75. The molecule has 0 aliphatic carbocycles. The Morgan fingerprint density at radius 2 is 2.44 bits per heavy atom. The summed E-state index contributed by atoms with van der Waals surface area (Å²) in [5.74, 6) is 0.303. The molecule has 0 aliphatic heterocycles. The minimum Gasteiger partial charge on any atom is -0.197 e. The summed E-state index contributed by atoms with van der Waals surface area (Å²) in [6.45, 7) is 1.70. The third kappa shape index (κ3) is 0.974. The van der Waals surface area contributed by atoms with Crippen LogP contribution in [0.15, 0.2) is 5.11 Å². The van der Waals surface area contributed by atoms with Gasteiger partial charge in [-0.05, 0) is 17.6 Å². The number of azide groups is 1. The molecular weight excluding hydrogens is 120 g/mol. The SMILES string of the molecule is Cc1n[nH]nc1N=[N+]=[N-]. The summed E-state index contributed by atoms with van der Waals surface area (Å²) in [5.41, 5.74) is 8.54. The van der Waals surface area contributed by atoms with Crippen LogP contribution in [0, 0.1) is 6.92 Å². The van der Waals surface area contributed by atoms with Crippen LogP contribution in [-0.4, -0.2) is 15.4 Å². The average Bonchev–Trinajstić information content (AvgIpc) is 2.18. The molecule has 1 aromatic rings. The number of aromatic amines is 1. The molecule has 46 valence electrons. The normalized spacial score (nSPS) is 8.56. The van der Waals surface area contributed by atoms with E-state index in [1.807, 2.05) is 0 Å². The molecule has 1 heterocycles. The van der Waals surface area contributed by atoms with Gasteiger partial charge in [0.05, 0.1) is 5.69 Å². The van der Waals surface area contributed by atoms with Crippen molar-refractivity contribution in [1.82, 2.24) is 15.4 Å². The highest BCUT2D eigenvalue weighted by Crippen LogP contribution is 2.08. The number of H-pyrrole nitrogens is 1. The fourth-order valence-corrected chi connectivity index (χ4v) is 0.415. The minimum atomic E-state index is 0.303. The number of aryl methyl sites for hydroxylation is 1.